The van der Waals surface area contributed by atoms with Crippen LogP contribution in [-0.2, 0) is 19.0 Å². The van der Waals surface area contributed by atoms with Gasteiger partial charge in [-0.1, -0.05) is 0 Å². The molecule has 94 valence electrons. The van der Waals surface area contributed by atoms with Gasteiger partial charge in [-0.2, -0.15) is 0 Å². The molecule has 0 spiro atoms. The maximum Gasteiger partial charge on any atom is 0.329 e. The molecule has 7 heteroatoms. The average Bonchev–Trinajstić information content (AvgIpc) is 2.26. The minimum atomic E-state index is -1.07. The van der Waals surface area contributed by atoms with Crippen LogP contribution < -0.4 is 5.73 Å². The number of carboxylic acid groups (broad SMARTS) is 1. The van der Waals surface area contributed by atoms with Crippen molar-refractivity contribution in [3.63, 3.8) is 0 Å². The van der Waals surface area contributed by atoms with Gasteiger partial charge in [0.15, 0.2) is 6.29 Å². The number of methoxy groups -OCH3 is 1. The van der Waals surface area contributed by atoms with Crippen LogP contribution in [0.2, 0.25) is 0 Å². The fraction of sp³-hybridized carbons (Fsp3) is 0.889. The highest BCUT2D eigenvalue weighted by molar-refractivity contribution is 5.68. The second-order valence-electron chi connectivity index (χ2n) is 3.56. The van der Waals surface area contributed by atoms with E-state index in [1.807, 2.05) is 0 Å². The molecule has 16 heavy (non-hydrogen) atoms. The van der Waals surface area contributed by atoms with E-state index in [1.54, 1.807) is 0 Å². The number of aliphatic hydroxyl groups excluding tert-OH is 1. The maximum absolute atomic E-state index is 10.4. The molecule has 1 rings (SSSR count). The zero-order valence-corrected chi connectivity index (χ0v) is 9.04. The minimum absolute atomic E-state index is 0.177. The molecule has 7 nitrogen and oxygen atoms in total. The van der Waals surface area contributed by atoms with Crippen molar-refractivity contribution in [2.24, 2.45) is 5.73 Å². The molecule has 0 amide bonds. The van der Waals surface area contributed by atoms with Gasteiger partial charge in [0.25, 0.3) is 0 Å². The van der Waals surface area contributed by atoms with Gasteiger partial charge in [0.05, 0.1) is 12.2 Å². The van der Waals surface area contributed by atoms with E-state index in [0.717, 1.165) is 0 Å². The van der Waals surface area contributed by atoms with Crippen LogP contribution in [0.15, 0.2) is 0 Å². The highest BCUT2D eigenvalue weighted by atomic mass is 16.7. The van der Waals surface area contributed by atoms with E-state index < -0.39 is 37.2 Å². The van der Waals surface area contributed by atoms with Crippen molar-refractivity contribution in [1.29, 1.82) is 0 Å². The fourth-order valence-corrected chi connectivity index (χ4v) is 1.63. The van der Waals surface area contributed by atoms with Gasteiger partial charge < -0.3 is 30.2 Å². The summed E-state index contributed by atoms with van der Waals surface area (Å²) in [5.74, 6) is -1.07. The lowest BCUT2D eigenvalue weighted by Crippen LogP contribution is -2.52. The number of aliphatic carboxylic acids is 1. The summed E-state index contributed by atoms with van der Waals surface area (Å²) in [4.78, 5) is 10.4. The number of carboxylic acids is 1. The molecule has 1 fully saturated rings. The SMILES string of the molecule is COC1OC(CN)C(OCC(=O)O)CC1O. The Morgan fingerprint density at radius 3 is 2.81 bits per heavy atom. The van der Waals surface area contributed by atoms with Crippen molar-refractivity contribution in [3.8, 4) is 0 Å². The standard InChI is InChI=1S/C9H17NO6/c1-14-9-5(11)2-6(7(3-10)16-9)15-4-8(12)13/h5-7,9,11H,2-4,10H2,1H3,(H,12,13). The van der Waals surface area contributed by atoms with E-state index in [2.05, 4.69) is 0 Å². The smallest absolute Gasteiger partial charge is 0.329 e. The number of hydrogen-bond donors (Lipinski definition) is 3. The van der Waals surface area contributed by atoms with Gasteiger partial charge in [0, 0.05) is 20.1 Å². The highest BCUT2D eigenvalue weighted by Gasteiger charge is 2.37. The average molecular weight is 235 g/mol. The van der Waals surface area contributed by atoms with Crippen LogP contribution >= 0.6 is 0 Å². The van der Waals surface area contributed by atoms with Gasteiger partial charge in [0.1, 0.15) is 12.7 Å². The Labute approximate surface area is 93.1 Å². The number of nitrogens with two attached hydrogens (primary N) is 1. The molecule has 4 unspecified atom stereocenters. The van der Waals surface area contributed by atoms with Gasteiger partial charge in [-0.3, -0.25) is 0 Å². The molecule has 1 saturated heterocycles. The predicted molar refractivity (Wildman–Crippen MR) is 52.7 cm³/mol. The van der Waals surface area contributed by atoms with Gasteiger partial charge >= 0.3 is 5.97 Å². The molecule has 0 saturated carbocycles. The highest BCUT2D eigenvalue weighted by Crippen LogP contribution is 2.22. The molecule has 4 atom stereocenters. The largest absolute Gasteiger partial charge is 0.480 e. The third-order valence-electron chi connectivity index (χ3n) is 2.40. The lowest BCUT2D eigenvalue weighted by Gasteiger charge is -2.37. The number of rotatable bonds is 5. The third kappa shape index (κ3) is 3.39. The lowest BCUT2D eigenvalue weighted by molar-refractivity contribution is -0.260. The van der Waals surface area contributed by atoms with E-state index in [1.165, 1.54) is 7.11 Å². The summed E-state index contributed by atoms with van der Waals surface area (Å²) < 4.78 is 15.3. The summed E-state index contributed by atoms with van der Waals surface area (Å²) in [5.41, 5.74) is 5.47. The van der Waals surface area contributed by atoms with E-state index in [0.29, 0.717) is 0 Å². The molecule has 4 N–H and O–H groups in total. The third-order valence-corrected chi connectivity index (χ3v) is 2.40. The van der Waals surface area contributed by atoms with Crippen molar-refractivity contribution in [2.45, 2.75) is 31.0 Å². The fourth-order valence-electron chi connectivity index (χ4n) is 1.63. The second kappa shape index (κ2) is 6.12. The Morgan fingerprint density at radius 2 is 2.31 bits per heavy atom. The predicted octanol–water partition coefficient (Wildman–Crippen LogP) is -1.46. The summed E-state index contributed by atoms with van der Waals surface area (Å²) >= 11 is 0. The van der Waals surface area contributed by atoms with Crippen molar-refractivity contribution in [2.75, 3.05) is 20.3 Å². The van der Waals surface area contributed by atoms with E-state index in [4.69, 9.17) is 25.1 Å². The molecule has 1 aliphatic rings. The Balaban J connectivity index is 2.52. The zero-order chi connectivity index (χ0) is 12.1. The van der Waals surface area contributed by atoms with E-state index in [-0.39, 0.29) is 13.0 Å². The van der Waals surface area contributed by atoms with Crippen molar-refractivity contribution in [1.82, 2.24) is 0 Å². The van der Waals surface area contributed by atoms with Crippen molar-refractivity contribution >= 4 is 5.97 Å². The molecular formula is C9H17NO6. The molecule has 1 heterocycles. The lowest BCUT2D eigenvalue weighted by atomic mass is 10.0. The monoisotopic (exact) mass is 235 g/mol. The van der Waals surface area contributed by atoms with Crippen LogP contribution in [-0.4, -0.2) is 61.0 Å². The second-order valence-corrected chi connectivity index (χ2v) is 3.56. The van der Waals surface area contributed by atoms with Gasteiger partial charge in [-0.15, -0.1) is 0 Å². The van der Waals surface area contributed by atoms with E-state index in [9.17, 15) is 9.90 Å². The first-order chi connectivity index (χ1) is 7.58. The van der Waals surface area contributed by atoms with Crippen LogP contribution in [0.3, 0.4) is 0 Å². The molecule has 0 aromatic heterocycles. The summed E-state index contributed by atoms with van der Waals surface area (Å²) in [7, 11) is 1.42. The molecule has 0 aromatic carbocycles. The molecule has 0 aliphatic carbocycles. The zero-order valence-electron chi connectivity index (χ0n) is 9.04. The van der Waals surface area contributed by atoms with Crippen LogP contribution in [0.5, 0.6) is 0 Å². The molecule has 1 aliphatic heterocycles. The summed E-state index contributed by atoms with van der Waals surface area (Å²) in [6.45, 7) is -0.258. The minimum Gasteiger partial charge on any atom is -0.480 e. The van der Waals surface area contributed by atoms with Crippen LogP contribution in [0, 0.1) is 0 Å². The van der Waals surface area contributed by atoms with E-state index >= 15 is 0 Å². The molecule has 0 bridgehead atoms. The Kier molecular flexibility index (Phi) is 5.10. The van der Waals surface area contributed by atoms with Crippen molar-refractivity contribution < 1.29 is 29.2 Å². The maximum atomic E-state index is 10.4. The molecule has 0 aromatic rings. The van der Waals surface area contributed by atoms with Crippen LogP contribution in [0.25, 0.3) is 0 Å². The molecular weight excluding hydrogens is 218 g/mol. The summed E-state index contributed by atoms with van der Waals surface area (Å²) in [6, 6.07) is 0. The number of aliphatic hydroxyl groups is 1. The molecule has 0 radical (unpaired) electrons. The number of ether oxygens (including phenoxy) is 3. The van der Waals surface area contributed by atoms with Crippen LogP contribution in [0.1, 0.15) is 6.42 Å². The van der Waals surface area contributed by atoms with Crippen LogP contribution in [0.4, 0.5) is 0 Å². The first-order valence-corrected chi connectivity index (χ1v) is 4.98. The first-order valence-electron chi connectivity index (χ1n) is 4.98. The quantitative estimate of drug-likeness (QED) is 0.533. The van der Waals surface area contributed by atoms with Gasteiger partial charge in [0.2, 0.25) is 0 Å². The summed E-state index contributed by atoms with van der Waals surface area (Å²) in [6.07, 6.45) is -2.33. The Hall–Kier alpha value is -0.730. The van der Waals surface area contributed by atoms with Gasteiger partial charge in [-0.05, 0) is 0 Å². The number of hydrogen-bond acceptors (Lipinski definition) is 6. The topological polar surface area (TPSA) is 111 Å². The van der Waals surface area contributed by atoms with Crippen molar-refractivity contribution in [3.05, 3.63) is 0 Å². The normalized spacial score (nSPS) is 34.9. The Bertz CT molecular complexity index is 236. The Morgan fingerprint density at radius 1 is 1.62 bits per heavy atom. The number of carbonyl (C=O) groups is 1. The summed E-state index contributed by atoms with van der Waals surface area (Å²) in [5, 5.41) is 18.1. The van der Waals surface area contributed by atoms with Gasteiger partial charge in [-0.25, -0.2) is 4.79 Å². The first kappa shape index (κ1) is 13.3.